The second-order valence-electron chi connectivity index (χ2n) is 4.12. The fourth-order valence-corrected chi connectivity index (χ4v) is 1.77. The Hall–Kier alpha value is -2.56. The van der Waals surface area contributed by atoms with Crippen LogP contribution < -0.4 is 11.1 Å². The SMILES string of the molecule is CCOC(=O)c1cccc(N)c1Nc1ccc(F)cc1. The molecule has 20 heavy (non-hydrogen) atoms. The highest BCUT2D eigenvalue weighted by atomic mass is 19.1. The van der Waals surface area contributed by atoms with Crippen molar-refractivity contribution in [1.82, 2.24) is 0 Å². The first kappa shape index (κ1) is 13.9. The van der Waals surface area contributed by atoms with Crippen molar-refractivity contribution in [3.8, 4) is 0 Å². The van der Waals surface area contributed by atoms with E-state index in [0.29, 0.717) is 22.6 Å². The lowest BCUT2D eigenvalue weighted by atomic mass is 10.1. The van der Waals surface area contributed by atoms with Gasteiger partial charge >= 0.3 is 5.97 Å². The normalized spacial score (nSPS) is 10.1. The first-order chi connectivity index (χ1) is 9.61. The van der Waals surface area contributed by atoms with Crippen LogP contribution >= 0.6 is 0 Å². The summed E-state index contributed by atoms with van der Waals surface area (Å²) in [6, 6.07) is 10.8. The van der Waals surface area contributed by atoms with Crippen LogP contribution in [0.15, 0.2) is 42.5 Å². The highest BCUT2D eigenvalue weighted by Gasteiger charge is 2.14. The number of benzene rings is 2. The second-order valence-corrected chi connectivity index (χ2v) is 4.12. The molecule has 0 spiro atoms. The van der Waals surface area contributed by atoms with Crippen molar-refractivity contribution in [3.63, 3.8) is 0 Å². The molecule has 4 nitrogen and oxygen atoms in total. The third kappa shape index (κ3) is 3.06. The molecule has 0 radical (unpaired) electrons. The highest BCUT2D eigenvalue weighted by molar-refractivity contribution is 5.99. The molecule has 0 fully saturated rings. The van der Waals surface area contributed by atoms with Gasteiger partial charge in [0, 0.05) is 5.69 Å². The number of esters is 1. The van der Waals surface area contributed by atoms with Crippen LogP contribution in [-0.4, -0.2) is 12.6 Å². The molecule has 104 valence electrons. The summed E-state index contributed by atoms with van der Waals surface area (Å²) in [5.74, 6) is -0.786. The van der Waals surface area contributed by atoms with E-state index in [0.717, 1.165) is 0 Å². The third-order valence-corrected chi connectivity index (χ3v) is 2.71. The smallest absolute Gasteiger partial charge is 0.340 e. The van der Waals surface area contributed by atoms with E-state index < -0.39 is 5.97 Å². The number of nitrogen functional groups attached to an aromatic ring is 1. The minimum Gasteiger partial charge on any atom is -0.462 e. The number of anilines is 3. The highest BCUT2D eigenvalue weighted by Crippen LogP contribution is 2.28. The van der Waals surface area contributed by atoms with E-state index in [2.05, 4.69) is 5.32 Å². The van der Waals surface area contributed by atoms with E-state index in [9.17, 15) is 9.18 Å². The Kier molecular flexibility index (Phi) is 4.20. The van der Waals surface area contributed by atoms with Crippen molar-refractivity contribution < 1.29 is 13.9 Å². The zero-order chi connectivity index (χ0) is 14.5. The molecule has 0 aliphatic rings. The molecule has 2 aromatic rings. The lowest BCUT2D eigenvalue weighted by Gasteiger charge is -2.13. The zero-order valence-electron chi connectivity index (χ0n) is 11.0. The number of hydrogen-bond acceptors (Lipinski definition) is 4. The molecular weight excluding hydrogens is 259 g/mol. The lowest BCUT2D eigenvalue weighted by molar-refractivity contribution is 0.0527. The number of carbonyl (C=O) groups is 1. The summed E-state index contributed by atoms with van der Waals surface area (Å²) in [4.78, 5) is 11.9. The number of hydrogen-bond donors (Lipinski definition) is 2. The minimum atomic E-state index is -0.454. The second kappa shape index (κ2) is 6.06. The van der Waals surface area contributed by atoms with Crippen molar-refractivity contribution in [2.75, 3.05) is 17.7 Å². The molecule has 3 N–H and O–H groups in total. The van der Waals surface area contributed by atoms with Gasteiger partial charge < -0.3 is 15.8 Å². The zero-order valence-corrected chi connectivity index (χ0v) is 11.0. The summed E-state index contributed by atoms with van der Waals surface area (Å²) in [5, 5.41) is 3.01. The number of nitrogens with one attached hydrogen (secondary N) is 1. The first-order valence-corrected chi connectivity index (χ1v) is 6.20. The summed E-state index contributed by atoms with van der Waals surface area (Å²) in [5.41, 5.74) is 7.74. The molecule has 0 atom stereocenters. The maximum Gasteiger partial charge on any atom is 0.340 e. The fourth-order valence-electron chi connectivity index (χ4n) is 1.77. The molecule has 0 aliphatic carbocycles. The summed E-state index contributed by atoms with van der Waals surface area (Å²) in [6.07, 6.45) is 0. The van der Waals surface area contributed by atoms with Crippen LogP contribution in [0.25, 0.3) is 0 Å². The van der Waals surface area contributed by atoms with Crippen LogP contribution in [0.1, 0.15) is 17.3 Å². The van der Waals surface area contributed by atoms with Crippen molar-refractivity contribution in [3.05, 3.63) is 53.8 Å². The molecule has 2 rings (SSSR count). The molecular formula is C15H15FN2O2. The number of rotatable bonds is 4. The van der Waals surface area contributed by atoms with Gasteiger partial charge in [-0.25, -0.2) is 9.18 Å². The summed E-state index contributed by atoms with van der Waals surface area (Å²) in [7, 11) is 0. The monoisotopic (exact) mass is 274 g/mol. The van der Waals surface area contributed by atoms with Crippen molar-refractivity contribution in [2.45, 2.75) is 6.92 Å². The third-order valence-electron chi connectivity index (χ3n) is 2.71. The topological polar surface area (TPSA) is 64.3 Å². The van der Waals surface area contributed by atoms with Gasteiger partial charge in [-0.1, -0.05) is 6.07 Å². The average Bonchev–Trinajstić information content (AvgIpc) is 2.43. The van der Waals surface area contributed by atoms with Crippen molar-refractivity contribution >= 4 is 23.0 Å². The van der Waals surface area contributed by atoms with Crippen LogP contribution in [0, 0.1) is 5.82 Å². The van der Waals surface area contributed by atoms with Gasteiger partial charge in [-0.15, -0.1) is 0 Å². The van der Waals surface area contributed by atoms with Crippen LogP contribution in [0.3, 0.4) is 0 Å². The quantitative estimate of drug-likeness (QED) is 0.663. The molecule has 0 saturated heterocycles. The van der Waals surface area contributed by atoms with Gasteiger partial charge in [-0.05, 0) is 43.3 Å². The molecule has 2 aromatic carbocycles. The largest absolute Gasteiger partial charge is 0.462 e. The average molecular weight is 274 g/mol. The van der Waals surface area contributed by atoms with Crippen LogP contribution in [-0.2, 0) is 4.74 Å². The van der Waals surface area contributed by atoms with Gasteiger partial charge in [0.1, 0.15) is 5.82 Å². The lowest BCUT2D eigenvalue weighted by Crippen LogP contribution is -2.09. The Morgan fingerprint density at radius 2 is 1.95 bits per heavy atom. The van der Waals surface area contributed by atoms with E-state index in [1.807, 2.05) is 0 Å². The van der Waals surface area contributed by atoms with Gasteiger partial charge in [0.2, 0.25) is 0 Å². The van der Waals surface area contributed by atoms with E-state index in [1.54, 1.807) is 37.3 Å². The number of halogens is 1. The Morgan fingerprint density at radius 3 is 2.60 bits per heavy atom. The molecule has 0 amide bonds. The fraction of sp³-hybridized carbons (Fsp3) is 0.133. The molecule has 0 unspecified atom stereocenters. The Balaban J connectivity index is 2.34. The molecule has 0 aliphatic heterocycles. The molecule has 0 heterocycles. The minimum absolute atomic E-state index is 0.281. The maximum atomic E-state index is 12.9. The maximum absolute atomic E-state index is 12.9. The molecule has 0 aromatic heterocycles. The number of para-hydroxylation sites is 1. The number of ether oxygens (including phenoxy) is 1. The Labute approximate surface area is 116 Å². The summed E-state index contributed by atoms with van der Waals surface area (Å²) >= 11 is 0. The van der Waals surface area contributed by atoms with E-state index >= 15 is 0 Å². The number of carbonyl (C=O) groups excluding carboxylic acids is 1. The van der Waals surface area contributed by atoms with E-state index in [4.69, 9.17) is 10.5 Å². The van der Waals surface area contributed by atoms with Gasteiger partial charge in [0.05, 0.1) is 23.5 Å². The Bertz CT molecular complexity index is 612. The van der Waals surface area contributed by atoms with Crippen molar-refractivity contribution in [2.24, 2.45) is 0 Å². The molecule has 0 saturated carbocycles. The van der Waals surface area contributed by atoms with Gasteiger partial charge in [0.25, 0.3) is 0 Å². The van der Waals surface area contributed by atoms with Gasteiger partial charge in [-0.2, -0.15) is 0 Å². The van der Waals surface area contributed by atoms with Crippen LogP contribution in [0.4, 0.5) is 21.5 Å². The predicted molar refractivity (Wildman–Crippen MR) is 76.5 cm³/mol. The molecule has 5 heteroatoms. The summed E-state index contributed by atoms with van der Waals surface area (Å²) in [6.45, 7) is 2.01. The van der Waals surface area contributed by atoms with Gasteiger partial charge in [0.15, 0.2) is 0 Å². The first-order valence-electron chi connectivity index (χ1n) is 6.20. The summed E-state index contributed by atoms with van der Waals surface area (Å²) < 4.78 is 17.9. The standard InChI is InChI=1S/C15H15FN2O2/c1-2-20-15(19)12-4-3-5-13(17)14(12)18-11-8-6-10(16)7-9-11/h3-9,18H,2,17H2,1H3. The van der Waals surface area contributed by atoms with Crippen molar-refractivity contribution in [1.29, 1.82) is 0 Å². The van der Waals surface area contributed by atoms with Crippen LogP contribution in [0.2, 0.25) is 0 Å². The predicted octanol–water partition coefficient (Wildman–Crippen LogP) is 3.33. The van der Waals surface area contributed by atoms with Crippen LogP contribution in [0.5, 0.6) is 0 Å². The molecule has 0 bridgehead atoms. The van der Waals surface area contributed by atoms with Gasteiger partial charge in [-0.3, -0.25) is 0 Å². The number of nitrogens with two attached hydrogens (primary N) is 1. The van der Waals surface area contributed by atoms with E-state index in [1.165, 1.54) is 12.1 Å². The van der Waals surface area contributed by atoms with E-state index in [-0.39, 0.29) is 12.4 Å². The Morgan fingerprint density at radius 1 is 1.25 bits per heavy atom.